The van der Waals surface area contributed by atoms with Gasteiger partial charge in [-0.2, -0.15) is 0 Å². The van der Waals surface area contributed by atoms with Gasteiger partial charge in [0.25, 0.3) is 5.91 Å². The van der Waals surface area contributed by atoms with Crippen LogP contribution in [0, 0.1) is 17.5 Å². The first-order valence-electron chi connectivity index (χ1n) is 5.15. The average Bonchev–Trinajstić information content (AvgIpc) is 2.40. The van der Waals surface area contributed by atoms with Crippen LogP contribution in [-0.2, 0) is 0 Å². The summed E-state index contributed by atoms with van der Waals surface area (Å²) < 4.78 is 39.0. The Morgan fingerprint density at radius 3 is 2.47 bits per heavy atom. The number of benzene rings is 1. The van der Waals surface area contributed by atoms with E-state index < -0.39 is 29.0 Å². The molecular weight excluding hydrogens is 259 g/mol. The number of nitrogens with zero attached hydrogens (tertiary/aromatic N) is 1. The van der Waals surface area contributed by atoms with Gasteiger partial charge in [0, 0.05) is 0 Å². The Labute approximate surface area is 106 Å². The van der Waals surface area contributed by atoms with Crippen molar-refractivity contribution in [3.63, 3.8) is 0 Å². The molecule has 0 aliphatic heterocycles. The fraction of sp³-hybridized carbons (Fsp3) is 0. The molecule has 19 heavy (non-hydrogen) atoms. The Morgan fingerprint density at radius 2 is 1.84 bits per heavy atom. The van der Waals surface area contributed by atoms with E-state index in [4.69, 9.17) is 5.73 Å². The van der Waals surface area contributed by atoms with Crippen LogP contribution in [0.15, 0.2) is 30.5 Å². The number of carbonyl (C=O) groups is 1. The Bertz CT molecular complexity index is 629. The third-order valence-electron chi connectivity index (χ3n) is 2.30. The lowest BCUT2D eigenvalue weighted by Crippen LogP contribution is -2.15. The van der Waals surface area contributed by atoms with Crippen molar-refractivity contribution in [3.8, 4) is 0 Å². The molecule has 7 heteroatoms. The predicted octanol–water partition coefficient (Wildman–Crippen LogP) is 2.33. The number of hydrogen-bond acceptors (Lipinski definition) is 3. The van der Waals surface area contributed by atoms with Gasteiger partial charge in [-0.15, -0.1) is 0 Å². The first-order valence-corrected chi connectivity index (χ1v) is 5.15. The van der Waals surface area contributed by atoms with Crippen LogP contribution in [0.2, 0.25) is 0 Å². The van der Waals surface area contributed by atoms with Crippen LogP contribution in [0.25, 0.3) is 0 Å². The smallest absolute Gasteiger partial charge is 0.274 e. The van der Waals surface area contributed by atoms with E-state index in [0.29, 0.717) is 11.8 Å². The molecule has 1 amide bonds. The molecule has 4 nitrogen and oxygen atoms in total. The Hall–Kier alpha value is -2.57. The third kappa shape index (κ3) is 2.65. The molecule has 1 aromatic heterocycles. The monoisotopic (exact) mass is 267 g/mol. The molecule has 0 atom stereocenters. The van der Waals surface area contributed by atoms with Gasteiger partial charge in [0.1, 0.15) is 5.69 Å². The number of carbonyl (C=O) groups excluding carboxylic acids is 1. The molecule has 1 heterocycles. The molecule has 0 spiro atoms. The summed E-state index contributed by atoms with van der Waals surface area (Å²) in [7, 11) is 0. The molecule has 0 aliphatic carbocycles. The molecule has 98 valence electrons. The number of amides is 1. The van der Waals surface area contributed by atoms with Crippen molar-refractivity contribution in [1.29, 1.82) is 0 Å². The number of nitrogens with two attached hydrogens (primary N) is 1. The van der Waals surface area contributed by atoms with Gasteiger partial charge in [0.2, 0.25) is 0 Å². The predicted molar refractivity (Wildman–Crippen MR) is 62.9 cm³/mol. The SMILES string of the molecule is Nc1ccc(C(=O)Nc2ccc(F)c(F)c2F)nc1. The normalized spacial score (nSPS) is 10.3. The van der Waals surface area contributed by atoms with Crippen LogP contribution in [0.3, 0.4) is 0 Å². The third-order valence-corrected chi connectivity index (χ3v) is 2.30. The minimum atomic E-state index is -1.65. The van der Waals surface area contributed by atoms with Gasteiger partial charge in [-0.25, -0.2) is 18.2 Å². The Morgan fingerprint density at radius 1 is 1.11 bits per heavy atom. The molecular formula is C12H8F3N3O. The zero-order valence-corrected chi connectivity index (χ0v) is 9.45. The average molecular weight is 267 g/mol. The topological polar surface area (TPSA) is 68.0 Å². The fourth-order valence-corrected chi connectivity index (χ4v) is 1.35. The standard InChI is InChI=1S/C12H8F3N3O/c13-7-2-4-8(11(15)10(7)14)18-12(19)9-3-1-6(16)5-17-9/h1-5H,16H2,(H,18,19). The van der Waals surface area contributed by atoms with Crippen molar-refractivity contribution in [2.45, 2.75) is 0 Å². The number of aromatic nitrogens is 1. The van der Waals surface area contributed by atoms with Gasteiger partial charge in [0.15, 0.2) is 17.5 Å². The van der Waals surface area contributed by atoms with Crippen LogP contribution in [0.1, 0.15) is 10.5 Å². The highest BCUT2D eigenvalue weighted by Gasteiger charge is 2.16. The number of nitrogen functional groups attached to an aromatic ring is 1. The number of hydrogen-bond donors (Lipinski definition) is 2. The zero-order valence-electron chi connectivity index (χ0n) is 9.45. The number of halogens is 3. The summed E-state index contributed by atoms with van der Waals surface area (Å²) in [6.07, 6.45) is 1.25. The van der Waals surface area contributed by atoms with E-state index >= 15 is 0 Å². The first-order chi connectivity index (χ1) is 8.99. The van der Waals surface area contributed by atoms with Crippen LogP contribution < -0.4 is 11.1 Å². The number of anilines is 2. The number of pyridine rings is 1. The summed E-state index contributed by atoms with van der Waals surface area (Å²) in [5.74, 6) is -5.21. The second-order valence-electron chi connectivity index (χ2n) is 3.65. The molecule has 0 aliphatic rings. The quantitative estimate of drug-likeness (QED) is 0.820. The maximum Gasteiger partial charge on any atom is 0.274 e. The highest BCUT2D eigenvalue weighted by molar-refractivity contribution is 6.03. The van der Waals surface area contributed by atoms with E-state index in [-0.39, 0.29) is 5.69 Å². The van der Waals surface area contributed by atoms with Gasteiger partial charge in [-0.3, -0.25) is 4.79 Å². The molecule has 0 saturated heterocycles. The number of nitrogens with one attached hydrogen (secondary N) is 1. The van der Waals surface area contributed by atoms with Crippen molar-refractivity contribution < 1.29 is 18.0 Å². The first kappa shape index (κ1) is 12.9. The highest BCUT2D eigenvalue weighted by Crippen LogP contribution is 2.20. The molecule has 0 unspecified atom stereocenters. The van der Waals surface area contributed by atoms with Crippen LogP contribution in [-0.4, -0.2) is 10.9 Å². The molecule has 0 bridgehead atoms. The van der Waals surface area contributed by atoms with E-state index in [1.165, 1.54) is 18.3 Å². The lowest BCUT2D eigenvalue weighted by molar-refractivity contribution is 0.102. The summed E-state index contributed by atoms with van der Waals surface area (Å²) in [4.78, 5) is 15.4. The number of rotatable bonds is 2. The fourth-order valence-electron chi connectivity index (χ4n) is 1.35. The van der Waals surface area contributed by atoms with Crippen LogP contribution >= 0.6 is 0 Å². The van der Waals surface area contributed by atoms with Gasteiger partial charge < -0.3 is 11.1 Å². The van der Waals surface area contributed by atoms with Gasteiger partial charge in [-0.1, -0.05) is 0 Å². The summed E-state index contributed by atoms with van der Waals surface area (Å²) >= 11 is 0. The minimum absolute atomic E-state index is 0.0293. The van der Waals surface area contributed by atoms with Crippen molar-refractivity contribution >= 4 is 17.3 Å². The van der Waals surface area contributed by atoms with Crippen molar-refractivity contribution in [1.82, 2.24) is 4.98 Å². The van der Waals surface area contributed by atoms with E-state index in [0.717, 1.165) is 6.07 Å². The zero-order chi connectivity index (χ0) is 14.0. The summed E-state index contributed by atoms with van der Waals surface area (Å²) in [6.45, 7) is 0. The van der Waals surface area contributed by atoms with Gasteiger partial charge in [-0.05, 0) is 24.3 Å². The van der Waals surface area contributed by atoms with Gasteiger partial charge in [0.05, 0.1) is 17.6 Å². The Kier molecular flexibility index (Phi) is 3.37. The summed E-state index contributed by atoms with van der Waals surface area (Å²) in [5, 5.41) is 2.09. The Balaban J connectivity index is 2.24. The lowest BCUT2D eigenvalue weighted by atomic mass is 10.2. The molecule has 0 radical (unpaired) electrons. The van der Waals surface area contributed by atoms with Crippen molar-refractivity contribution in [2.24, 2.45) is 0 Å². The van der Waals surface area contributed by atoms with E-state index in [1.54, 1.807) is 0 Å². The maximum atomic E-state index is 13.3. The van der Waals surface area contributed by atoms with Gasteiger partial charge >= 0.3 is 0 Å². The molecule has 0 fully saturated rings. The summed E-state index contributed by atoms with van der Waals surface area (Å²) in [5.41, 5.74) is 5.25. The molecule has 2 rings (SSSR count). The largest absolute Gasteiger partial charge is 0.397 e. The molecule has 3 N–H and O–H groups in total. The molecule has 1 aromatic carbocycles. The minimum Gasteiger partial charge on any atom is -0.397 e. The maximum absolute atomic E-state index is 13.3. The van der Waals surface area contributed by atoms with Crippen molar-refractivity contribution in [3.05, 3.63) is 53.6 Å². The second-order valence-corrected chi connectivity index (χ2v) is 3.65. The van der Waals surface area contributed by atoms with Crippen LogP contribution in [0.5, 0.6) is 0 Å². The molecule has 2 aromatic rings. The lowest BCUT2D eigenvalue weighted by Gasteiger charge is -2.06. The van der Waals surface area contributed by atoms with E-state index in [2.05, 4.69) is 10.3 Å². The summed E-state index contributed by atoms with van der Waals surface area (Å²) in [6, 6.07) is 4.39. The highest BCUT2D eigenvalue weighted by atomic mass is 19.2. The molecule has 0 saturated carbocycles. The van der Waals surface area contributed by atoms with Crippen molar-refractivity contribution in [2.75, 3.05) is 11.1 Å². The van der Waals surface area contributed by atoms with E-state index in [1.807, 2.05) is 0 Å². The van der Waals surface area contributed by atoms with Crippen LogP contribution in [0.4, 0.5) is 24.5 Å². The second kappa shape index (κ2) is 4.97. The van der Waals surface area contributed by atoms with E-state index in [9.17, 15) is 18.0 Å².